The van der Waals surface area contributed by atoms with Crippen molar-refractivity contribution in [2.45, 2.75) is 45.4 Å². The lowest BCUT2D eigenvalue weighted by Gasteiger charge is -2.15. The molecule has 3 N–H and O–H groups in total. The molecule has 204 valence electrons. The molecule has 0 saturated heterocycles. The number of carbonyl (C=O) groups is 1. The SMILES string of the molecule is CCCCCCCCOc1c(O)c2c(NC(=O)C=Cc3cc(OC)c(O)c(OC)c3)cccc2n(C)c1=O. The van der Waals surface area contributed by atoms with Crippen LogP contribution in [0.15, 0.2) is 41.2 Å². The van der Waals surface area contributed by atoms with Crippen molar-refractivity contribution in [2.75, 3.05) is 26.1 Å². The Balaban J connectivity index is 1.82. The van der Waals surface area contributed by atoms with Crippen LogP contribution < -0.4 is 25.1 Å². The topological polar surface area (TPSA) is 119 Å². The molecule has 1 amide bonds. The number of ether oxygens (including phenoxy) is 3. The molecule has 1 aromatic heterocycles. The van der Waals surface area contributed by atoms with Gasteiger partial charge in [-0.2, -0.15) is 0 Å². The second-order valence-electron chi connectivity index (χ2n) is 8.95. The molecule has 0 radical (unpaired) electrons. The number of aryl methyl sites for hydroxylation is 1. The number of methoxy groups -OCH3 is 2. The van der Waals surface area contributed by atoms with Crippen molar-refractivity contribution in [3.63, 3.8) is 0 Å². The van der Waals surface area contributed by atoms with E-state index in [4.69, 9.17) is 14.2 Å². The van der Waals surface area contributed by atoms with Crippen molar-refractivity contribution in [1.82, 2.24) is 4.57 Å². The lowest BCUT2D eigenvalue weighted by atomic mass is 10.1. The Bertz CT molecular complexity index is 1340. The lowest BCUT2D eigenvalue weighted by molar-refractivity contribution is -0.111. The standard InChI is InChI=1S/C29H36N2O7/c1-5-6-7-8-9-10-16-38-28-27(34)25-20(12-11-13-21(25)31(2)29(28)35)30-24(32)15-14-19-17-22(36-3)26(33)23(18-19)37-4/h11-15,17-18,33-34H,5-10,16H2,1-4H3,(H,30,32). The third-order valence-corrected chi connectivity index (χ3v) is 6.29. The molecule has 0 aliphatic rings. The number of carbonyl (C=O) groups excluding carboxylic acids is 1. The van der Waals surface area contributed by atoms with Crippen LogP contribution in [-0.2, 0) is 11.8 Å². The van der Waals surface area contributed by atoms with E-state index in [1.807, 2.05) is 0 Å². The molecule has 3 rings (SSSR count). The van der Waals surface area contributed by atoms with Gasteiger partial charge in [0.1, 0.15) is 0 Å². The number of benzene rings is 2. The second-order valence-corrected chi connectivity index (χ2v) is 8.95. The molecule has 0 aliphatic carbocycles. The first-order chi connectivity index (χ1) is 18.3. The molecule has 1 heterocycles. The number of rotatable bonds is 13. The smallest absolute Gasteiger partial charge is 0.297 e. The number of fused-ring (bicyclic) bond motifs is 1. The summed E-state index contributed by atoms with van der Waals surface area (Å²) in [5, 5.41) is 24.2. The Morgan fingerprint density at radius 1 is 1.00 bits per heavy atom. The highest BCUT2D eigenvalue weighted by atomic mass is 16.5. The highest BCUT2D eigenvalue weighted by Gasteiger charge is 2.19. The third kappa shape index (κ3) is 6.59. The van der Waals surface area contributed by atoms with Crippen LogP contribution in [0.1, 0.15) is 51.0 Å². The summed E-state index contributed by atoms with van der Waals surface area (Å²) in [6, 6.07) is 8.15. The Morgan fingerprint density at radius 3 is 2.32 bits per heavy atom. The maximum absolute atomic E-state index is 12.9. The van der Waals surface area contributed by atoms with E-state index in [0.717, 1.165) is 19.3 Å². The van der Waals surface area contributed by atoms with Crippen molar-refractivity contribution in [1.29, 1.82) is 0 Å². The maximum Gasteiger partial charge on any atom is 0.297 e. The Kier molecular flexibility index (Phi) is 10.0. The minimum Gasteiger partial charge on any atom is -0.504 e. The van der Waals surface area contributed by atoms with Crippen molar-refractivity contribution in [3.8, 4) is 28.7 Å². The number of pyridine rings is 1. The van der Waals surface area contributed by atoms with Gasteiger partial charge in [0.2, 0.25) is 17.4 Å². The number of phenols is 1. The normalized spacial score (nSPS) is 11.2. The van der Waals surface area contributed by atoms with Gasteiger partial charge in [-0.05, 0) is 42.3 Å². The predicted molar refractivity (Wildman–Crippen MR) is 149 cm³/mol. The Hall–Kier alpha value is -4.14. The molecule has 9 nitrogen and oxygen atoms in total. The monoisotopic (exact) mass is 524 g/mol. The van der Waals surface area contributed by atoms with E-state index in [9.17, 15) is 19.8 Å². The summed E-state index contributed by atoms with van der Waals surface area (Å²) in [5.74, 6) is -0.624. The van der Waals surface area contributed by atoms with Gasteiger partial charge in [-0.25, -0.2) is 0 Å². The van der Waals surface area contributed by atoms with E-state index in [-0.39, 0.29) is 28.7 Å². The number of aromatic hydroxyl groups is 2. The molecule has 0 saturated carbocycles. The van der Waals surface area contributed by atoms with Crippen LogP contribution in [0.2, 0.25) is 0 Å². The van der Waals surface area contributed by atoms with Crippen LogP contribution in [-0.4, -0.2) is 41.5 Å². The second kappa shape index (κ2) is 13.4. The molecule has 2 aromatic carbocycles. The number of amides is 1. The van der Waals surface area contributed by atoms with Gasteiger partial charge in [0.05, 0.1) is 37.4 Å². The molecular weight excluding hydrogens is 488 g/mol. The van der Waals surface area contributed by atoms with Crippen LogP contribution in [0, 0.1) is 0 Å². The average Bonchev–Trinajstić information content (AvgIpc) is 2.92. The van der Waals surface area contributed by atoms with Gasteiger partial charge in [-0.3, -0.25) is 9.59 Å². The third-order valence-electron chi connectivity index (χ3n) is 6.29. The van der Waals surface area contributed by atoms with E-state index in [0.29, 0.717) is 28.8 Å². The van der Waals surface area contributed by atoms with Gasteiger partial charge < -0.3 is 34.3 Å². The van der Waals surface area contributed by atoms with E-state index in [2.05, 4.69) is 12.2 Å². The van der Waals surface area contributed by atoms with E-state index >= 15 is 0 Å². The molecule has 0 fully saturated rings. The number of hydrogen-bond donors (Lipinski definition) is 3. The fourth-order valence-corrected chi connectivity index (χ4v) is 4.19. The molecular formula is C29H36N2O7. The zero-order valence-corrected chi connectivity index (χ0v) is 22.4. The summed E-state index contributed by atoms with van der Waals surface area (Å²) >= 11 is 0. The van der Waals surface area contributed by atoms with Crippen LogP contribution in [0.4, 0.5) is 5.69 Å². The van der Waals surface area contributed by atoms with Crippen molar-refractivity contribution < 1.29 is 29.2 Å². The van der Waals surface area contributed by atoms with E-state index in [1.54, 1.807) is 37.4 Å². The summed E-state index contributed by atoms with van der Waals surface area (Å²) in [7, 11) is 4.43. The van der Waals surface area contributed by atoms with Crippen LogP contribution in [0.25, 0.3) is 17.0 Å². The predicted octanol–water partition coefficient (Wildman–Crippen LogP) is 5.36. The van der Waals surface area contributed by atoms with Gasteiger partial charge in [0.15, 0.2) is 17.2 Å². The Morgan fingerprint density at radius 2 is 1.66 bits per heavy atom. The molecule has 38 heavy (non-hydrogen) atoms. The average molecular weight is 525 g/mol. The zero-order valence-electron chi connectivity index (χ0n) is 22.4. The van der Waals surface area contributed by atoms with Gasteiger partial charge in [-0.1, -0.05) is 45.1 Å². The maximum atomic E-state index is 12.9. The first-order valence-corrected chi connectivity index (χ1v) is 12.7. The molecule has 3 aromatic rings. The molecule has 0 atom stereocenters. The number of anilines is 1. The number of nitrogens with one attached hydrogen (secondary N) is 1. The largest absolute Gasteiger partial charge is 0.504 e. The van der Waals surface area contributed by atoms with E-state index < -0.39 is 11.5 Å². The number of aromatic nitrogens is 1. The van der Waals surface area contributed by atoms with Gasteiger partial charge >= 0.3 is 0 Å². The first kappa shape index (κ1) is 28.4. The van der Waals surface area contributed by atoms with Crippen molar-refractivity contribution >= 4 is 28.6 Å². The number of hydrogen-bond acceptors (Lipinski definition) is 7. The number of nitrogens with zero attached hydrogens (tertiary/aromatic N) is 1. The molecule has 0 spiro atoms. The van der Waals surface area contributed by atoms with Crippen LogP contribution in [0.3, 0.4) is 0 Å². The summed E-state index contributed by atoms with van der Waals surface area (Å²) in [6.07, 6.45) is 9.26. The summed E-state index contributed by atoms with van der Waals surface area (Å²) in [6.45, 7) is 2.48. The van der Waals surface area contributed by atoms with Crippen molar-refractivity contribution in [3.05, 3.63) is 52.3 Å². The molecule has 9 heteroatoms. The lowest BCUT2D eigenvalue weighted by Crippen LogP contribution is -2.21. The minimum absolute atomic E-state index is 0.130. The summed E-state index contributed by atoms with van der Waals surface area (Å²) in [4.78, 5) is 25.7. The first-order valence-electron chi connectivity index (χ1n) is 12.7. The van der Waals surface area contributed by atoms with Gasteiger partial charge in [0, 0.05) is 13.1 Å². The summed E-state index contributed by atoms with van der Waals surface area (Å²) in [5.41, 5.74) is 0.907. The number of phenolic OH excluding ortho intramolecular Hbond substituents is 1. The highest BCUT2D eigenvalue weighted by molar-refractivity contribution is 6.09. The highest BCUT2D eigenvalue weighted by Crippen LogP contribution is 2.38. The fraction of sp³-hybridized carbons (Fsp3) is 0.379. The van der Waals surface area contributed by atoms with Crippen molar-refractivity contribution in [2.24, 2.45) is 7.05 Å². The number of unbranched alkanes of at least 4 members (excludes halogenated alkanes) is 5. The molecule has 0 bridgehead atoms. The quantitative estimate of drug-likeness (QED) is 0.203. The molecule has 0 unspecified atom stereocenters. The van der Waals surface area contributed by atoms with Gasteiger partial charge in [-0.15, -0.1) is 0 Å². The molecule has 0 aliphatic heterocycles. The summed E-state index contributed by atoms with van der Waals surface area (Å²) < 4.78 is 17.4. The Labute approximate surface area is 222 Å². The van der Waals surface area contributed by atoms with E-state index in [1.165, 1.54) is 50.2 Å². The van der Waals surface area contributed by atoms with Crippen LogP contribution >= 0.6 is 0 Å². The van der Waals surface area contributed by atoms with Gasteiger partial charge in [0.25, 0.3) is 5.56 Å². The minimum atomic E-state index is -0.466. The van der Waals surface area contributed by atoms with Crippen LogP contribution in [0.5, 0.6) is 28.7 Å². The zero-order chi connectivity index (χ0) is 27.7. The fourth-order valence-electron chi connectivity index (χ4n) is 4.19.